The maximum absolute atomic E-state index is 12.4. The molecule has 1 aromatic carbocycles. The quantitative estimate of drug-likeness (QED) is 0.550. The fourth-order valence-electron chi connectivity index (χ4n) is 3.54. The number of sulfonamides is 1. The molecular formula is C22H35N3O4S. The average molecular weight is 438 g/mol. The van der Waals surface area contributed by atoms with Gasteiger partial charge in [0.1, 0.15) is 0 Å². The summed E-state index contributed by atoms with van der Waals surface area (Å²) >= 11 is 0. The van der Waals surface area contributed by atoms with Crippen LogP contribution in [-0.4, -0.2) is 51.3 Å². The molecular weight excluding hydrogens is 402 g/mol. The van der Waals surface area contributed by atoms with Crippen LogP contribution in [0.1, 0.15) is 56.6 Å². The van der Waals surface area contributed by atoms with Gasteiger partial charge in [0.2, 0.25) is 21.8 Å². The molecule has 2 N–H and O–H groups in total. The molecule has 1 aliphatic heterocycles. The molecule has 1 fully saturated rings. The molecule has 0 aliphatic carbocycles. The Hall–Kier alpha value is -1.93. The van der Waals surface area contributed by atoms with E-state index in [2.05, 4.69) is 17.0 Å². The minimum absolute atomic E-state index is 0.0426. The maximum Gasteiger partial charge on any atom is 0.240 e. The number of nitrogens with one attached hydrogen (secondary N) is 2. The van der Waals surface area contributed by atoms with Crippen LogP contribution >= 0.6 is 0 Å². The normalized spacial score (nSPS) is 15.2. The van der Waals surface area contributed by atoms with Crippen molar-refractivity contribution in [2.24, 2.45) is 5.92 Å². The lowest BCUT2D eigenvalue weighted by Gasteiger charge is -2.31. The third-order valence-electron chi connectivity index (χ3n) is 5.72. The van der Waals surface area contributed by atoms with Gasteiger partial charge in [0.15, 0.2) is 0 Å². The minimum Gasteiger partial charge on any atom is -0.356 e. The van der Waals surface area contributed by atoms with Crippen LogP contribution in [0.5, 0.6) is 0 Å². The first-order valence-electron chi connectivity index (χ1n) is 10.9. The molecule has 0 aromatic heterocycles. The number of carbonyl (C=O) groups is 2. The van der Waals surface area contributed by atoms with Crippen molar-refractivity contribution in [3.63, 3.8) is 0 Å². The van der Waals surface area contributed by atoms with Gasteiger partial charge < -0.3 is 10.2 Å². The number of hydrogen-bond acceptors (Lipinski definition) is 4. The highest BCUT2D eigenvalue weighted by Gasteiger charge is 2.27. The van der Waals surface area contributed by atoms with Gasteiger partial charge in [-0.05, 0) is 56.4 Å². The summed E-state index contributed by atoms with van der Waals surface area (Å²) in [5, 5.41) is 2.99. The van der Waals surface area contributed by atoms with Crippen LogP contribution in [0.4, 0.5) is 0 Å². The minimum atomic E-state index is -3.63. The molecule has 1 saturated heterocycles. The number of nitrogens with zero attached hydrogens (tertiary/aromatic N) is 1. The molecule has 0 spiro atoms. The smallest absolute Gasteiger partial charge is 0.240 e. The van der Waals surface area contributed by atoms with Gasteiger partial charge in [0.05, 0.1) is 4.90 Å². The number of hydrogen-bond donors (Lipinski definition) is 2. The lowest BCUT2D eigenvalue weighted by molar-refractivity contribution is -0.135. The van der Waals surface area contributed by atoms with Gasteiger partial charge in [-0.15, -0.1) is 0 Å². The third-order valence-corrected chi connectivity index (χ3v) is 7.18. The average Bonchev–Trinajstić information content (AvgIpc) is 2.73. The SMILES string of the molecule is CCCCCNC(=O)C1CCN(C(=O)CCNS(=O)(=O)c2ccc(C)c(C)c2)CC1. The Morgan fingerprint density at radius 2 is 1.77 bits per heavy atom. The summed E-state index contributed by atoms with van der Waals surface area (Å²) in [6.45, 7) is 7.77. The number of benzene rings is 1. The van der Waals surface area contributed by atoms with Crippen molar-refractivity contribution in [3.8, 4) is 0 Å². The molecule has 0 atom stereocenters. The number of carbonyl (C=O) groups excluding carboxylic acids is 2. The summed E-state index contributed by atoms with van der Waals surface area (Å²) in [4.78, 5) is 26.6. The number of rotatable bonds is 10. The molecule has 0 saturated carbocycles. The largest absolute Gasteiger partial charge is 0.356 e. The number of piperidine rings is 1. The van der Waals surface area contributed by atoms with Crippen molar-refractivity contribution < 1.29 is 18.0 Å². The molecule has 1 aliphatic rings. The second-order valence-electron chi connectivity index (χ2n) is 8.05. The molecule has 1 aromatic rings. The first-order valence-corrected chi connectivity index (χ1v) is 12.4. The maximum atomic E-state index is 12.4. The summed E-state index contributed by atoms with van der Waals surface area (Å²) in [6, 6.07) is 4.99. The Morgan fingerprint density at radius 3 is 2.40 bits per heavy atom. The third kappa shape index (κ3) is 7.09. The predicted octanol–water partition coefficient (Wildman–Crippen LogP) is 2.52. The van der Waals surface area contributed by atoms with E-state index in [1.807, 2.05) is 13.8 Å². The topological polar surface area (TPSA) is 95.6 Å². The zero-order valence-electron chi connectivity index (χ0n) is 18.4. The van der Waals surface area contributed by atoms with Crippen LogP contribution in [0.3, 0.4) is 0 Å². The summed E-state index contributed by atoms with van der Waals surface area (Å²) in [6.07, 6.45) is 4.65. The van der Waals surface area contributed by atoms with Crippen molar-refractivity contribution in [3.05, 3.63) is 29.3 Å². The lowest BCUT2D eigenvalue weighted by Crippen LogP contribution is -2.44. The zero-order chi connectivity index (χ0) is 22.1. The van der Waals surface area contributed by atoms with Gasteiger partial charge in [-0.25, -0.2) is 13.1 Å². The van der Waals surface area contributed by atoms with E-state index in [-0.39, 0.29) is 35.6 Å². The zero-order valence-corrected chi connectivity index (χ0v) is 19.2. The number of unbranched alkanes of at least 4 members (excludes halogenated alkanes) is 2. The molecule has 7 nitrogen and oxygen atoms in total. The Balaban J connectivity index is 1.73. The van der Waals surface area contributed by atoms with Crippen molar-refractivity contribution >= 4 is 21.8 Å². The highest BCUT2D eigenvalue weighted by molar-refractivity contribution is 7.89. The van der Waals surface area contributed by atoms with E-state index in [4.69, 9.17) is 0 Å². The Kier molecular flexibility index (Phi) is 9.30. The first kappa shape index (κ1) is 24.3. The fourth-order valence-corrected chi connectivity index (χ4v) is 4.65. The first-order chi connectivity index (χ1) is 14.2. The van der Waals surface area contributed by atoms with Crippen LogP contribution in [-0.2, 0) is 19.6 Å². The van der Waals surface area contributed by atoms with Crippen LogP contribution in [0.15, 0.2) is 23.1 Å². The van der Waals surface area contributed by atoms with Crippen molar-refractivity contribution in [1.29, 1.82) is 0 Å². The monoisotopic (exact) mass is 437 g/mol. The Morgan fingerprint density at radius 1 is 1.07 bits per heavy atom. The molecule has 2 rings (SSSR count). The van der Waals surface area contributed by atoms with Crippen LogP contribution in [0, 0.1) is 19.8 Å². The van der Waals surface area contributed by atoms with E-state index < -0.39 is 10.0 Å². The molecule has 2 amide bonds. The van der Waals surface area contributed by atoms with Crippen molar-refractivity contribution in [2.75, 3.05) is 26.2 Å². The summed E-state index contributed by atoms with van der Waals surface area (Å²) in [5.74, 6) is -0.0436. The van der Waals surface area contributed by atoms with E-state index in [0.29, 0.717) is 32.5 Å². The molecule has 0 bridgehead atoms. The van der Waals surface area contributed by atoms with E-state index in [1.165, 1.54) is 0 Å². The Labute approximate surface area is 180 Å². The van der Waals surface area contributed by atoms with E-state index in [0.717, 1.165) is 30.4 Å². The van der Waals surface area contributed by atoms with Crippen LogP contribution in [0.25, 0.3) is 0 Å². The van der Waals surface area contributed by atoms with Gasteiger partial charge in [0, 0.05) is 38.5 Å². The van der Waals surface area contributed by atoms with Gasteiger partial charge in [0.25, 0.3) is 0 Å². The van der Waals surface area contributed by atoms with Gasteiger partial charge >= 0.3 is 0 Å². The summed E-state index contributed by atoms with van der Waals surface area (Å²) in [7, 11) is -3.63. The number of likely N-dealkylation sites (tertiary alicyclic amines) is 1. The highest BCUT2D eigenvalue weighted by Crippen LogP contribution is 2.18. The molecule has 1 heterocycles. The van der Waals surface area contributed by atoms with Gasteiger partial charge in [-0.2, -0.15) is 0 Å². The van der Waals surface area contributed by atoms with Crippen LogP contribution < -0.4 is 10.0 Å². The number of aryl methyl sites for hydroxylation is 2. The molecule has 0 radical (unpaired) electrons. The second kappa shape index (κ2) is 11.5. The predicted molar refractivity (Wildman–Crippen MR) is 118 cm³/mol. The van der Waals surface area contributed by atoms with Crippen molar-refractivity contribution in [2.45, 2.75) is 64.2 Å². The lowest BCUT2D eigenvalue weighted by atomic mass is 9.95. The van der Waals surface area contributed by atoms with E-state index in [1.54, 1.807) is 23.1 Å². The molecule has 0 unspecified atom stereocenters. The van der Waals surface area contributed by atoms with E-state index >= 15 is 0 Å². The van der Waals surface area contributed by atoms with E-state index in [9.17, 15) is 18.0 Å². The summed E-state index contributed by atoms with van der Waals surface area (Å²) in [5.41, 5.74) is 1.94. The molecule has 8 heteroatoms. The van der Waals surface area contributed by atoms with Gasteiger partial charge in [-0.3, -0.25) is 9.59 Å². The fraction of sp³-hybridized carbons (Fsp3) is 0.636. The molecule has 30 heavy (non-hydrogen) atoms. The van der Waals surface area contributed by atoms with Gasteiger partial charge in [-0.1, -0.05) is 25.8 Å². The van der Waals surface area contributed by atoms with Crippen LogP contribution in [0.2, 0.25) is 0 Å². The second-order valence-corrected chi connectivity index (χ2v) is 9.81. The Bertz CT molecular complexity index is 831. The van der Waals surface area contributed by atoms with Crippen molar-refractivity contribution in [1.82, 2.24) is 14.9 Å². The summed E-state index contributed by atoms with van der Waals surface area (Å²) < 4.78 is 27.3. The molecule has 168 valence electrons. The standard InChI is InChI=1S/C22H35N3O4S/c1-4-5-6-12-23-22(27)19-10-14-25(15-11-19)21(26)9-13-24-30(28,29)20-8-7-17(2)18(3)16-20/h7-8,16,19,24H,4-6,9-15H2,1-3H3,(H,23,27). The highest BCUT2D eigenvalue weighted by atomic mass is 32.2. The number of amides is 2.